The van der Waals surface area contributed by atoms with Crippen LogP contribution in [-0.2, 0) is 9.47 Å². The van der Waals surface area contributed by atoms with Crippen molar-refractivity contribution in [3.63, 3.8) is 0 Å². The Morgan fingerprint density at radius 3 is 2.61 bits per heavy atom. The van der Waals surface area contributed by atoms with Crippen molar-refractivity contribution in [3.05, 3.63) is 35.9 Å². The predicted molar refractivity (Wildman–Crippen MR) is 71.6 cm³/mol. The molecule has 0 spiro atoms. The van der Waals surface area contributed by atoms with Crippen molar-refractivity contribution < 1.29 is 14.6 Å². The molecule has 102 valence electrons. The van der Waals surface area contributed by atoms with Gasteiger partial charge in [0.1, 0.15) is 0 Å². The Bertz CT molecular complexity index is 292. The summed E-state index contributed by atoms with van der Waals surface area (Å²) in [4.78, 5) is 0. The fourth-order valence-electron chi connectivity index (χ4n) is 1.67. The first kappa shape index (κ1) is 15.1. The Labute approximate surface area is 109 Å². The summed E-state index contributed by atoms with van der Waals surface area (Å²) in [7, 11) is 1.66. The van der Waals surface area contributed by atoms with Gasteiger partial charge in [0.2, 0.25) is 0 Å². The van der Waals surface area contributed by atoms with Gasteiger partial charge in [0.25, 0.3) is 0 Å². The van der Waals surface area contributed by atoms with Gasteiger partial charge in [-0.15, -0.1) is 0 Å². The number of hydrogen-bond acceptors (Lipinski definition) is 4. The molecule has 4 nitrogen and oxygen atoms in total. The number of hydrogen-bond donors (Lipinski definition) is 2. The standard InChI is InChI=1S/C14H23NO3/c1-17-10-11-18-9-5-8-15-14(12-16)13-6-3-2-4-7-13/h2-4,6-7,14-16H,5,8-12H2,1H3. The molecule has 1 unspecified atom stereocenters. The van der Waals surface area contributed by atoms with E-state index >= 15 is 0 Å². The van der Waals surface area contributed by atoms with Crippen molar-refractivity contribution in [2.45, 2.75) is 12.5 Å². The van der Waals surface area contributed by atoms with Crippen LogP contribution in [0, 0.1) is 0 Å². The summed E-state index contributed by atoms with van der Waals surface area (Å²) in [5.74, 6) is 0. The van der Waals surface area contributed by atoms with Crippen LogP contribution in [0.3, 0.4) is 0 Å². The molecule has 0 bridgehead atoms. The van der Waals surface area contributed by atoms with Gasteiger partial charge in [0.05, 0.1) is 25.9 Å². The Kier molecular flexibility index (Phi) is 8.42. The summed E-state index contributed by atoms with van der Waals surface area (Å²) in [6, 6.07) is 9.97. The van der Waals surface area contributed by atoms with Gasteiger partial charge in [-0.05, 0) is 18.5 Å². The molecule has 0 heterocycles. The molecule has 1 aromatic carbocycles. The van der Waals surface area contributed by atoms with Gasteiger partial charge in [-0.1, -0.05) is 30.3 Å². The second-order valence-electron chi connectivity index (χ2n) is 4.06. The lowest BCUT2D eigenvalue weighted by molar-refractivity contribution is 0.0689. The lowest BCUT2D eigenvalue weighted by Crippen LogP contribution is -2.26. The van der Waals surface area contributed by atoms with E-state index in [0.717, 1.165) is 18.5 Å². The van der Waals surface area contributed by atoms with Crippen LogP contribution < -0.4 is 5.32 Å². The molecule has 0 saturated heterocycles. The van der Waals surface area contributed by atoms with Gasteiger partial charge >= 0.3 is 0 Å². The maximum absolute atomic E-state index is 9.34. The van der Waals surface area contributed by atoms with E-state index in [1.54, 1.807) is 7.11 Å². The molecule has 0 aromatic heterocycles. The molecule has 0 saturated carbocycles. The zero-order chi connectivity index (χ0) is 13.1. The lowest BCUT2D eigenvalue weighted by atomic mass is 10.1. The fraction of sp³-hybridized carbons (Fsp3) is 0.571. The summed E-state index contributed by atoms with van der Waals surface area (Å²) in [6.07, 6.45) is 0.924. The average molecular weight is 253 g/mol. The van der Waals surface area contributed by atoms with Gasteiger partial charge in [-0.2, -0.15) is 0 Å². The molecular weight excluding hydrogens is 230 g/mol. The number of aliphatic hydroxyl groups is 1. The molecule has 0 aliphatic rings. The van der Waals surface area contributed by atoms with E-state index in [1.165, 1.54) is 0 Å². The Balaban J connectivity index is 2.13. The second-order valence-corrected chi connectivity index (χ2v) is 4.06. The van der Waals surface area contributed by atoms with E-state index in [1.807, 2.05) is 30.3 Å². The van der Waals surface area contributed by atoms with Crippen LogP contribution in [0.25, 0.3) is 0 Å². The Morgan fingerprint density at radius 1 is 1.17 bits per heavy atom. The van der Waals surface area contributed by atoms with E-state index in [9.17, 15) is 5.11 Å². The first-order valence-corrected chi connectivity index (χ1v) is 6.34. The summed E-state index contributed by atoms with van der Waals surface area (Å²) in [6.45, 7) is 2.92. The topological polar surface area (TPSA) is 50.7 Å². The smallest absolute Gasteiger partial charge is 0.0700 e. The van der Waals surface area contributed by atoms with E-state index in [-0.39, 0.29) is 12.6 Å². The van der Waals surface area contributed by atoms with Crippen LogP contribution in [-0.4, -0.2) is 45.2 Å². The highest BCUT2D eigenvalue weighted by molar-refractivity contribution is 5.18. The molecule has 2 N–H and O–H groups in total. The van der Waals surface area contributed by atoms with Gasteiger partial charge in [-0.3, -0.25) is 0 Å². The van der Waals surface area contributed by atoms with Crippen LogP contribution in [0.1, 0.15) is 18.0 Å². The largest absolute Gasteiger partial charge is 0.394 e. The van der Waals surface area contributed by atoms with Crippen LogP contribution >= 0.6 is 0 Å². The third kappa shape index (κ3) is 6.12. The normalized spacial score (nSPS) is 12.6. The van der Waals surface area contributed by atoms with E-state index < -0.39 is 0 Å². The number of methoxy groups -OCH3 is 1. The second kappa shape index (κ2) is 10.0. The van der Waals surface area contributed by atoms with Gasteiger partial charge in [0, 0.05) is 13.7 Å². The quantitative estimate of drug-likeness (QED) is 0.618. The molecule has 0 fully saturated rings. The molecular formula is C14H23NO3. The maximum Gasteiger partial charge on any atom is 0.0700 e. The van der Waals surface area contributed by atoms with Gasteiger partial charge in [0.15, 0.2) is 0 Å². The van der Waals surface area contributed by atoms with Crippen molar-refractivity contribution in [1.29, 1.82) is 0 Å². The highest BCUT2D eigenvalue weighted by Crippen LogP contribution is 2.11. The molecule has 1 aromatic rings. The predicted octanol–water partition coefficient (Wildman–Crippen LogP) is 1.36. The number of aliphatic hydroxyl groups excluding tert-OH is 1. The third-order valence-electron chi connectivity index (χ3n) is 2.67. The maximum atomic E-state index is 9.34. The minimum absolute atomic E-state index is 0.00479. The Morgan fingerprint density at radius 2 is 1.94 bits per heavy atom. The number of nitrogens with one attached hydrogen (secondary N) is 1. The number of benzene rings is 1. The van der Waals surface area contributed by atoms with Crippen LogP contribution in [0.4, 0.5) is 0 Å². The third-order valence-corrected chi connectivity index (χ3v) is 2.67. The van der Waals surface area contributed by atoms with Crippen molar-refractivity contribution in [2.24, 2.45) is 0 Å². The summed E-state index contributed by atoms with van der Waals surface area (Å²) < 4.78 is 10.3. The minimum atomic E-state index is 0.00479. The van der Waals surface area contributed by atoms with Crippen molar-refractivity contribution in [1.82, 2.24) is 5.32 Å². The molecule has 1 atom stereocenters. The Hall–Kier alpha value is -0.940. The van der Waals surface area contributed by atoms with Crippen LogP contribution in [0.5, 0.6) is 0 Å². The van der Waals surface area contributed by atoms with Crippen molar-refractivity contribution >= 4 is 0 Å². The zero-order valence-electron chi connectivity index (χ0n) is 11.0. The van der Waals surface area contributed by atoms with Crippen molar-refractivity contribution in [3.8, 4) is 0 Å². The summed E-state index contributed by atoms with van der Waals surface area (Å²) in [5, 5.41) is 12.7. The van der Waals surface area contributed by atoms with E-state index in [2.05, 4.69) is 5.32 Å². The van der Waals surface area contributed by atoms with Gasteiger partial charge in [-0.25, -0.2) is 0 Å². The molecule has 4 heteroatoms. The molecule has 1 rings (SSSR count). The first-order valence-electron chi connectivity index (χ1n) is 6.34. The fourth-order valence-corrected chi connectivity index (χ4v) is 1.67. The summed E-state index contributed by atoms with van der Waals surface area (Å²) in [5.41, 5.74) is 1.11. The first-order chi connectivity index (χ1) is 8.88. The number of rotatable bonds is 10. The molecule has 0 amide bonds. The zero-order valence-corrected chi connectivity index (χ0v) is 11.0. The lowest BCUT2D eigenvalue weighted by Gasteiger charge is -2.16. The molecule has 0 radical (unpaired) electrons. The van der Waals surface area contributed by atoms with Gasteiger partial charge < -0.3 is 19.9 Å². The SMILES string of the molecule is COCCOCCCNC(CO)c1ccccc1. The average Bonchev–Trinajstić information content (AvgIpc) is 2.43. The molecule has 0 aliphatic heterocycles. The molecule has 0 aliphatic carbocycles. The number of ether oxygens (including phenoxy) is 2. The van der Waals surface area contributed by atoms with Crippen LogP contribution in [0.15, 0.2) is 30.3 Å². The highest BCUT2D eigenvalue weighted by atomic mass is 16.5. The van der Waals surface area contributed by atoms with E-state index in [4.69, 9.17) is 9.47 Å². The monoisotopic (exact) mass is 253 g/mol. The van der Waals surface area contributed by atoms with Crippen LogP contribution in [0.2, 0.25) is 0 Å². The summed E-state index contributed by atoms with van der Waals surface area (Å²) >= 11 is 0. The highest BCUT2D eigenvalue weighted by Gasteiger charge is 2.07. The minimum Gasteiger partial charge on any atom is -0.394 e. The van der Waals surface area contributed by atoms with Crippen molar-refractivity contribution in [2.75, 3.05) is 40.1 Å². The molecule has 18 heavy (non-hydrogen) atoms. The van der Waals surface area contributed by atoms with E-state index in [0.29, 0.717) is 19.8 Å².